The quantitative estimate of drug-likeness (QED) is 0.658. The van der Waals surface area contributed by atoms with Gasteiger partial charge in [-0.3, -0.25) is 0 Å². The molecule has 0 amide bonds. The van der Waals surface area contributed by atoms with E-state index in [2.05, 4.69) is 24.4 Å². The number of hydrogen-bond acceptors (Lipinski definition) is 1. The summed E-state index contributed by atoms with van der Waals surface area (Å²) in [6.45, 7) is 2.27. The molecule has 0 fully saturated rings. The van der Waals surface area contributed by atoms with E-state index in [0.29, 0.717) is 6.04 Å². The number of rotatable bonds is 0. The Balaban J connectivity index is 2.06. The Morgan fingerprint density at radius 3 is 2.71 bits per heavy atom. The highest BCUT2D eigenvalue weighted by Crippen LogP contribution is 2.32. The van der Waals surface area contributed by atoms with E-state index in [9.17, 15) is 0 Å². The van der Waals surface area contributed by atoms with Crippen molar-refractivity contribution >= 4 is 5.69 Å². The second-order valence-electron chi connectivity index (χ2n) is 4.72. The maximum atomic E-state index is 3.59. The molecule has 1 heterocycles. The van der Waals surface area contributed by atoms with Gasteiger partial charge in [-0.2, -0.15) is 0 Å². The fraction of sp³-hybridized carbons (Fsp3) is 0.538. The molecule has 0 saturated heterocycles. The first kappa shape index (κ1) is 8.34. The van der Waals surface area contributed by atoms with Gasteiger partial charge < -0.3 is 5.32 Å². The number of anilines is 1. The molecule has 1 unspecified atom stereocenters. The Morgan fingerprint density at radius 2 is 1.86 bits per heavy atom. The van der Waals surface area contributed by atoms with Crippen LogP contribution >= 0.6 is 0 Å². The molecule has 1 aliphatic heterocycles. The van der Waals surface area contributed by atoms with Gasteiger partial charge in [0.2, 0.25) is 0 Å². The molecule has 1 nitrogen and oxygen atoms in total. The number of benzene rings is 1. The van der Waals surface area contributed by atoms with E-state index in [0.717, 1.165) is 0 Å². The molecule has 14 heavy (non-hydrogen) atoms. The van der Waals surface area contributed by atoms with E-state index in [1.165, 1.54) is 37.8 Å². The first-order chi connectivity index (χ1) is 6.83. The molecule has 2 aliphatic rings. The maximum Gasteiger partial charge on any atom is 0.0377 e. The van der Waals surface area contributed by atoms with E-state index in [1.807, 2.05) is 0 Å². The van der Waals surface area contributed by atoms with Crippen LogP contribution in [-0.2, 0) is 19.3 Å². The molecule has 0 aromatic heterocycles. The Morgan fingerprint density at radius 1 is 1.07 bits per heavy atom. The second-order valence-corrected chi connectivity index (χ2v) is 4.72. The molecule has 0 spiro atoms. The van der Waals surface area contributed by atoms with Gasteiger partial charge in [0.25, 0.3) is 0 Å². The fourth-order valence-corrected chi connectivity index (χ4v) is 2.73. The van der Waals surface area contributed by atoms with Crippen molar-refractivity contribution in [3.8, 4) is 0 Å². The average Bonchev–Trinajstić information content (AvgIpc) is 2.61. The van der Waals surface area contributed by atoms with Crippen molar-refractivity contribution in [3.05, 3.63) is 28.8 Å². The summed E-state index contributed by atoms with van der Waals surface area (Å²) in [6, 6.07) is 5.49. The maximum absolute atomic E-state index is 3.59. The van der Waals surface area contributed by atoms with Gasteiger partial charge in [-0.25, -0.2) is 0 Å². The Labute approximate surface area is 85.5 Å². The SMILES string of the molecule is CC1CCc2cc3c(cc2N1)CCC3. The first-order valence-electron chi connectivity index (χ1n) is 5.74. The molecular formula is C13H17N. The zero-order valence-corrected chi connectivity index (χ0v) is 8.77. The summed E-state index contributed by atoms with van der Waals surface area (Å²) in [5.41, 5.74) is 6.15. The van der Waals surface area contributed by atoms with Gasteiger partial charge in [-0.15, -0.1) is 0 Å². The summed E-state index contributed by atoms with van der Waals surface area (Å²) in [5.74, 6) is 0. The standard InChI is InChI=1S/C13H17N/c1-9-5-6-12-7-10-3-2-4-11(10)8-13(12)14-9/h7-9,14H,2-6H2,1H3. The smallest absolute Gasteiger partial charge is 0.0377 e. The third-order valence-corrected chi connectivity index (χ3v) is 3.57. The molecule has 1 aromatic carbocycles. The number of hydrogen-bond donors (Lipinski definition) is 1. The third kappa shape index (κ3) is 1.23. The van der Waals surface area contributed by atoms with Crippen LogP contribution in [0.3, 0.4) is 0 Å². The van der Waals surface area contributed by atoms with E-state index >= 15 is 0 Å². The fourth-order valence-electron chi connectivity index (χ4n) is 2.73. The highest BCUT2D eigenvalue weighted by atomic mass is 14.9. The average molecular weight is 187 g/mol. The van der Waals surface area contributed by atoms with E-state index in [4.69, 9.17) is 0 Å². The van der Waals surface area contributed by atoms with Crippen LogP contribution in [0.15, 0.2) is 12.1 Å². The number of nitrogens with one attached hydrogen (secondary N) is 1. The molecule has 0 bridgehead atoms. The van der Waals surface area contributed by atoms with Crippen LogP contribution in [0, 0.1) is 0 Å². The third-order valence-electron chi connectivity index (χ3n) is 3.57. The highest BCUT2D eigenvalue weighted by molar-refractivity contribution is 5.58. The monoisotopic (exact) mass is 187 g/mol. The highest BCUT2D eigenvalue weighted by Gasteiger charge is 2.18. The van der Waals surface area contributed by atoms with Crippen molar-refractivity contribution in [1.29, 1.82) is 0 Å². The van der Waals surface area contributed by atoms with Crippen LogP contribution in [-0.4, -0.2) is 6.04 Å². The van der Waals surface area contributed by atoms with Gasteiger partial charge in [0.05, 0.1) is 0 Å². The summed E-state index contributed by atoms with van der Waals surface area (Å²) >= 11 is 0. The predicted molar refractivity (Wildman–Crippen MR) is 59.9 cm³/mol. The lowest BCUT2D eigenvalue weighted by molar-refractivity contribution is 0.680. The molecule has 1 N–H and O–H groups in total. The van der Waals surface area contributed by atoms with Gasteiger partial charge in [0.15, 0.2) is 0 Å². The van der Waals surface area contributed by atoms with Crippen molar-refractivity contribution in [2.75, 3.05) is 5.32 Å². The lowest BCUT2D eigenvalue weighted by Crippen LogP contribution is -2.22. The van der Waals surface area contributed by atoms with Gasteiger partial charge in [-0.05, 0) is 61.8 Å². The van der Waals surface area contributed by atoms with Crippen LogP contribution in [0.25, 0.3) is 0 Å². The van der Waals surface area contributed by atoms with Crippen LogP contribution in [0.2, 0.25) is 0 Å². The number of fused-ring (bicyclic) bond motifs is 2. The first-order valence-corrected chi connectivity index (χ1v) is 5.74. The summed E-state index contributed by atoms with van der Waals surface area (Å²) < 4.78 is 0. The topological polar surface area (TPSA) is 12.0 Å². The molecule has 1 aliphatic carbocycles. The van der Waals surface area contributed by atoms with Gasteiger partial charge in [0, 0.05) is 11.7 Å². The van der Waals surface area contributed by atoms with Crippen molar-refractivity contribution in [3.63, 3.8) is 0 Å². The van der Waals surface area contributed by atoms with E-state index in [1.54, 1.807) is 16.7 Å². The van der Waals surface area contributed by atoms with E-state index < -0.39 is 0 Å². The molecule has 1 aromatic rings. The van der Waals surface area contributed by atoms with Crippen molar-refractivity contribution in [2.24, 2.45) is 0 Å². The normalized spacial score (nSPS) is 23.9. The number of aryl methyl sites for hydroxylation is 3. The van der Waals surface area contributed by atoms with Gasteiger partial charge in [-0.1, -0.05) is 6.07 Å². The summed E-state index contributed by atoms with van der Waals surface area (Å²) in [5, 5.41) is 3.59. The Hall–Kier alpha value is -0.980. The van der Waals surface area contributed by atoms with Crippen LogP contribution in [0.5, 0.6) is 0 Å². The van der Waals surface area contributed by atoms with Crippen LogP contribution in [0.4, 0.5) is 5.69 Å². The molecule has 1 heteroatoms. The van der Waals surface area contributed by atoms with Gasteiger partial charge in [0.1, 0.15) is 0 Å². The zero-order valence-electron chi connectivity index (χ0n) is 8.77. The minimum absolute atomic E-state index is 0.655. The summed E-state index contributed by atoms with van der Waals surface area (Å²) in [6.07, 6.45) is 6.49. The molecule has 3 rings (SSSR count). The van der Waals surface area contributed by atoms with Gasteiger partial charge >= 0.3 is 0 Å². The predicted octanol–water partition coefficient (Wildman–Crippen LogP) is 2.92. The lowest BCUT2D eigenvalue weighted by Gasteiger charge is -2.25. The molecule has 0 saturated carbocycles. The minimum atomic E-state index is 0.655. The summed E-state index contributed by atoms with van der Waals surface area (Å²) in [4.78, 5) is 0. The second kappa shape index (κ2) is 3.01. The molecule has 74 valence electrons. The van der Waals surface area contributed by atoms with Crippen LogP contribution < -0.4 is 5.32 Å². The molecular weight excluding hydrogens is 170 g/mol. The Bertz CT molecular complexity index is 368. The van der Waals surface area contributed by atoms with Crippen LogP contribution in [0.1, 0.15) is 36.5 Å². The van der Waals surface area contributed by atoms with Crippen molar-refractivity contribution in [2.45, 2.75) is 45.1 Å². The van der Waals surface area contributed by atoms with Crippen molar-refractivity contribution in [1.82, 2.24) is 0 Å². The van der Waals surface area contributed by atoms with Crippen molar-refractivity contribution < 1.29 is 0 Å². The van der Waals surface area contributed by atoms with E-state index in [-0.39, 0.29) is 0 Å². The lowest BCUT2D eigenvalue weighted by atomic mass is 9.95. The zero-order chi connectivity index (χ0) is 9.54. The Kier molecular flexibility index (Phi) is 1.79. The molecule has 1 atom stereocenters. The summed E-state index contributed by atoms with van der Waals surface area (Å²) in [7, 11) is 0. The largest absolute Gasteiger partial charge is 0.382 e. The molecule has 0 radical (unpaired) electrons. The minimum Gasteiger partial charge on any atom is -0.382 e.